The van der Waals surface area contributed by atoms with E-state index in [2.05, 4.69) is 11.9 Å². The average molecular weight is 314 g/mol. The lowest BCUT2D eigenvalue weighted by Gasteiger charge is -2.26. The molecule has 0 radical (unpaired) electrons. The number of nitrogens with two attached hydrogens (primary N) is 1. The van der Waals surface area contributed by atoms with Gasteiger partial charge in [0.25, 0.3) is 0 Å². The summed E-state index contributed by atoms with van der Waals surface area (Å²) in [5, 5.41) is 2.38. The molecule has 1 atom stereocenters. The summed E-state index contributed by atoms with van der Waals surface area (Å²) in [4.78, 5) is 35.0. The Balaban J connectivity index is 5.01. The number of primary amides is 1. The van der Waals surface area contributed by atoms with Gasteiger partial charge in [-0.1, -0.05) is 6.58 Å². The van der Waals surface area contributed by atoms with Crippen LogP contribution in [0.4, 0.5) is 4.79 Å². The Morgan fingerprint density at radius 1 is 1.05 bits per heavy atom. The van der Waals surface area contributed by atoms with Crippen molar-refractivity contribution in [3.05, 3.63) is 12.2 Å². The maximum atomic E-state index is 12.1. The first kappa shape index (κ1) is 19.9. The van der Waals surface area contributed by atoms with Crippen LogP contribution in [0.1, 0.15) is 48.0 Å². The lowest BCUT2D eigenvalue weighted by Crippen LogP contribution is -2.46. The van der Waals surface area contributed by atoms with Crippen molar-refractivity contribution < 1.29 is 23.9 Å². The first-order chi connectivity index (χ1) is 9.71. The second-order valence-corrected chi connectivity index (χ2v) is 6.90. The number of rotatable bonds is 5. The van der Waals surface area contributed by atoms with Crippen molar-refractivity contribution in [2.24, 2.45) is 5.73 Å². The Labute approximate surface area is 131 Å². The molecule has 0 unspecified atom stereocenters. The lowest BCUT2D eigenvalue weighted by atomic mass is 10.1. The molecule has 0 bridgehead atoms. The molecule has 0 aromatic carbocycles. The third-order valence-corrected chi connectivity index (χ3v) is 2.18. The van der Waals surface area contributed by atoms with E-state index in [0.29, 0.717) is 0 Å². The molecule has 2 amide bonds. The minimum atomic E-state index is -1.10. The summed E-state index contributed by atoms with van der Waals surface area (Å²) in [5.41, 5.74) is 3.66. The molecule has 0 saturated carbocycles. The zero-order valence-electron chi connectivity index (χ0n) is 14.1. The van der Waals surface area contributed by atoms with Gasteiger partial charge in [-0.15, -0.1) is 0 Å². The van der Waals surface area contributed by atoms with Crippen LogP contribution in [0.3, 0.4) is 0 Å². The van der Waals surface area contributed by atoms with E-state index in [9.17, 15) is 14.4 Å². The number of hydrogen-bond acceptors (Lipinski definition) is 5. The van der Waals surface area contributed by atoms with Crippen molar-refractivity contribution in [3.8, 4) is 0 Å². The zero-order valence-corrected chi connectivity index (χ0v) is 14.1. The smallest absolute Gasteiger partial charge is 0.408 e. The summed E-state index contributed by atoms with van der Waals surface area (Å²) in [6.45, 7) is 13.6. The molecule has 0 aliphatic carbocycles. The Bertz CT molecular complexity index is 458. The number of hydrogen-bond donors (Lipinski definition) is 2. The lowest BCUT2D eigenvalue weighted by molar-refractivity contribution is -0.157. The fraction of sp³-hybridized carbons (Fsp3) is 0.667. The normalized spacial score (nSPS) is 13.0. The molecular weight excluding hydrogens is 288 g/mol. The molecule has 0 rings (SSSR count). The zero-order chi connectivity index (χ0) is 17.7. The standard InChI is InChI=1S/C15H26N2O5/c1-9(11(16)18)8-10(12(19)21-14(2,3)4)17-13(20)22-15(5,6)7/h10H,1,8H2,2-7H3,(H2,16,18)(H,17,20)/t10-/m0/s1. The topological polar surface area (TPSA) is 108 Å². The van der Waals surface area contributed by atoms with Gasteiger partial charge in [0.05, 0.1) is 0 Å². The van der Waals surface area contributed by atoms with Gasteiger partial charge in [0.2, 0.25) is 5.91 Å². The fourth-order valence-corrected chi connectivity index (χ4v) is 1.36. The average Bonchev–Trinajstić information content (AvgIpc) is 2.22. The van der Waals surface area contributed by atoms with Crippen molar-refractivity contribution in [3.63, 3.8) is 0 Å². The van der Waals surface area contributed by atoms with E-state index in [1.807, 2.05) is 0 Å². The van der Waals surface area contributed by atoms with E-state index in [1.54, 1.807) is 41.5 Å². The highest BCUT2D eigenvalue weighted by molar-refractivity contribution is 5.93. The SMILES string of the molecule is C=C(C[C@H](NC(=O)OC(C)(C)C)C(=O)OC(C)(C)C)C(N)=O. The third-order valence-electron chi connectivity index (χ3n) is 2.18. The van der Waals surface area contributed by atoms with E-state index in [4.69, 9.17) is 15.2 Å². The van der Waals surface area contributed by atoms with Gasteiger partial charge in [-0.3, -0.25) is 4.79 Å². The van der Waals surface area contributed by atoms with E-state index < -0.39 is 35.2 Å². The van der Waals surface area contributed by atoms with Gasteiger partial charge in [0, 0.05) is 12.0 Å². The molecule has 126 valence electrons. The van der Waals surface area contributed by atoms with Crippen LogP contribution in [0.15, 0.2) is 12.2 Å². The van der Waals surface area contributed by atoms with Gasteiger partial charge < -0.3 is 20.5 Å². The monoisotopic (exact) mass is 314 g/mol. The summed E-state index contributed by atoms with van der Waals surface area (Å²) in [7, 11) is 0. The number of carbonyl (C=O) groups excluding carboxylic acids is 3. The van der Waals surface area contributed by atoms with Gasteiger partial charge in [0.1, 0.15) is 17.2 Å². The maximum absolute atomic E-state index is 12.1. The van der Waals surface area contributed by atoms with E-state index >= 15 is 0 Å². The molecule has 0 aromatic heterocycles. The molecular formula is C15H26N2O5. The highest BCUT2D eigenvalue weighted by Crippen LogP contribution is 2.13. The summed E-state index contributed by atoms with van der Waals surface area (Å²) >= 11 is 0. The number of amides is 2. The first-order valence-electron chi connectivity index (χ1n) is 6.91. The Kier molecular flexibility index (Phi) is 6.61. The van der Waals surface area contributed by atoms with Crippen LogP contribution in [0, 0.1) is 0 Å². The van der Waals surface area contributed by atoms with Crippen LogP contribution in [-0.4, -0.2) is 35.2 Å². The molecule has 0 heterocycles. The molecule has 22 heavy (non-hydrogen) atoms. The van der Waals surface area contributed by atoms with Crippen molar-refractivity contribution in [1.29, 1.82) is 0 Å². The largest absolute Gasteiger partial charge is 0.458 e. The molecule has 7 heteroatoms. The second kappa shape index (κ2) is 7.29. The van der Waals surface area contributed by atoms with Gasteiger partial charge in [0.15, 0.2) is 0 Å². The summed E-state index contributed by atoms with van der Waals surface area (Å²) < 4.78 is 10.3. The van der Waals surface area contributed by atoms with Gasteiger partial charge in [-0.25, -0.2) is 9.59 Å². The number of ether oxygens (including phenoxy) is 2. The first-order valence-corrected chi connectivity index (χ1v) is 6.91. The van der Waals surface area contributed by atoms with Crippen molar-refractivity contribution >= 4 is 18.0 Å². The number of carbonyl (C=O) groups is 3. The third kappa shape index (κ3) is 8.99. The van der Waals surface area contributed by atoms with Crippen molar-refractivity contribution in [2.75, 3.05) is 0 Å². The molecule has 0 saturated heterocycles. The van der Waals surface area contributed by atoms with E-state index in [1.165, 1.54) is 0 Å². The van der Waals surface area contributed by atoms with Crippen molar-refractivity contribution in [1.82, 2.24) is 5.32 Å². The van der Waals surface area contributed by atoms with Crippen LogP contribution >= 0.6 is 0 Å². The Morgan fingerprint density at radius 2 is 1.50 bits per heavy atom. The highest BCUT2D eigenvalue weighted by Gasteiger charge is 2.29. The van der Waals surface area contributed by atoms with Crippen LogP contribution < -0.4 is 11.1 Å². The molecule has 0 spiro atoms. The predicted octanol–water partition coefficient (Wildman–Crippen LogP) is 1.65. The van der Waals surface area contributed by atoms with Crippen LogP contribution in [0.5, 0.6) is 0 Å². The Morgan fingerprint density at radius 3 is 1.86 bits per heavy atom. The van der Waals surface area contributed by atoms with Crippen LogP contribution in [0.25, 0.3) is 0 Å². The molecule has 0 fully saturated rings. The van der Waals surface area contributed by atoms with Crippen LogP contribution in [0.2, 0.25) is 0 Å². The molecule has 0 aliphatic heterocycles. The van der Waals surface area contributed by atoms with Gasteiger partial charge >= 0.3 is 12.1 Å². The Hall–Kier alpha value is -2.05. The minimum absolute atomic E-state index is 0.00641. The molecule has 0 aromatic rings. The van der Waals surface area contributed by atoms with E-state index in [0.717, 1.165) is 0 Å². The second-order valence-electron chi connectivity index (χ2n) is 6.90. The molecule has 3 N–H and O–H groups in total. The summed E-state index contributed by atoms with van der Waals surface area (Å²) in [6, 6.07) is -1.10. The minimum Gasteiger partial charge on any atom is -0.458 e. The fourth-order valence-electron chi connectivity index (χ4n) is 1.36. The van der Waals surface area contributed by atoms with Gasteiger partial charge in [-0.05, 0) is 41.5 Å². The number of nitrogens with one attached hydrogen (secondary N) is 1. The van der Waals surface area contributed by atoms with E-state index in [-0.39, 0.29) is 12.0 Å². The number of esters is 1. The summed E-state index contributed by atoms with van der Waals surface area (Å²) in [5.74, 6) is -1.44. The quantitative estimate of drug-likeness (QED) is 0.592. The molecule has 0 aliphatic rings. The molecule has 7 nitrogen and oxygen atoms in total. The number of alkyl carbamates (subject to hydrolysis) is 1. The van der Waals surface area contributed by atoms with Crippen molar-refractivity contribution in [2.45, 2.75) is 65.2 Å². The van der Waals surface area contributed by atoms with Gasteiger partial charge in [-0.2, -0.15) is 0 Å². The summed E-state index contributed by atoms with van der Waals surface area (Å²) in [6.07, 6.45) is -0.940. The highest BCUT2D eigenvalue weighted by atomic mass is 16.6. The van der Waals surface area contributed by atoms with Crippen LogP contribution in [-0.2, 0) is 19.1 Å². The predicted molar refractivity (Wildman–Crippen MR) is 82.0 cm³/mol. The maximum Gasteiger partial charge on any atom is 0.408 e.